The summed E-state index contributed by atoms with van der Waals surface area (Å²) in [5, 5.41) is 4.49. The van der Waals surface area contributed by atoms with Gasteiger partial charge in [-0.25, -0.2) is 8.42 Å². The van der Waals surface area contributed by atoms with Gasteiger partial charge in [0, 0.05) is 17.8 Å². The van der Waals surface area contributed by atoms with Crippen LogP contribution in [0.2, 0.25) is 0 Å². The summed E-state index contributed by atoms with van der Waals surface area (Å²) in [6, 6.07) is 5.52. The molecule has 1 fully saturated rings. The van der Waals surface area contributed by atoms with E-state index in [1.807, 2.05) is 31.3 Å². The van der Waals surface area contributed by atoms with Crippen LogP contribution >= 0.6 is 0 Å². The van der Waals surface area contributed by atoms with Crippen LogP contribution in [0, 0.1) is 0 Å². The van der Waals surface area contributed by atoms with Gasteiger partial charge in [-0.05, 0) is 56.0 Å². The number of nitrogens with zero attached hydrogens (tertiary/aromatic N) is 3. The predicted molar refractivity (Wildman–Crippen MR) is 117 cm³/mol. The van der Waals surface area contributed by atoms with E-state index in [2.05, 4.69) is 15.1 Å². The van der Waals surface area contributed by atoms with E-state index in [0.29, 0.717) is 31.1 Å². The molecule has 0 spiro atoms. The first-order chi connectivity index (χ1) is 14.4. The fourth-order valence-corrected chi connectivity index (χ4v) is 5.54. The molecule has 8 nitrogen and oxygen atoms in total. The molecule has 0 radical (unpaired) electrons. The normalized spacial score (nSPS) is 24.8. The van der Waals surface area contributed by atoms with Crippen LogP contribution in [0.15, 0.2) is 34.5 Å². The molecule has 2 unspecified atom stereocenters. The fourth-order valence-electron chi connectivity index (χ4n) is 3.94. The third-order valence-corrected chi connectivity index (χ3v) is 8.00. The minimum absolute atomic E-state index is 0.0598. The number of rotatable bonds is 5. The Balaban J connectivity index is 1.50. The lowest BCUT2D eigenvalue weighted by molar-refractivity contribution is 0.111. The molecule has 2 aliphatic rings. The van der Waals surface area contributed by atoms with Crippen molar-refractivity contribution in [2.45, 2.75) is 50.7 Å². The molecule has 30 heavy (non-hydrogen) atoms. The van der Waals surface area contributed by atoms with Crippen molar-refractivity contribution in [3.8, 4) is 5.75 Å². The molecule has 1 aromatic carbocycles. The summed E-state index contributed by atoms with van der Waals surface area (Å²) in [5.74, 6) is 6.29. The first-order valence-electron chi connectivity index (χ1n) is 10.0. The van der Waals surface area contributed by atoms with E-state index in [4.69, 9.17) is 15.3 Å². The summed E-state index contributed by atoms with van der Waals surface area (Å²) in [6.07, 6.45) is 4.32. The van der Waals surface area contributed by atoms with Crippen molar-refractivity contribution in [3.05, 3.63) is 35.5 Å². The number of hydrogen-bond acceptors (Lipinski definition) is 8. The Bertz CT molecular complexity index is 1110. The van der Waals surface area contributed by atoms with Crippen LogP contribution in [0.25, 0.3) is 10.9 Å². The average Bonchev–Trinajstić information content (AvgIpc) is 3.00. The second-order valence-corrected chi connectivity index (χ2v) is 10.3. The Morgan fingerprint density at radius 1 is 1.43 bits per heavy atom. The van der Waals surface area contributed by atoms with E-state index in [1.165, 1.54) is 11.8 Å². The van der Waals surface area contributed by atoms with Gasteiger partial charge in [-0.15, -0.1) is 0 Å². The van der Waals surface area contributed by atoms with Gasteiger partial charge in [0.25, 0.3) is 0 Å². The molecule has 2 N–H and O–H groups in total. The molecule has 0 bridgehead atoms. The first kappa shape index (κ1) is 20.7. The van der Waals surface area contributed by atoms with Crippen molar-refractivity contribution in [3.63, 3.8) is 0 Å². The van der Waals surface area contributed by atoms with Gasteiger partial charge in [0.2, 0.25) is 0 Å². The monoisotopic (exact) mass is 430 g/mol. The number of aliphatic imine (C=N–C) groups is 1. The number of aromatic nitrogens is 1. The predicted octanol–water partition coefficient (Wildman–Crippen LogP) is 2.04. The maximum atomic E-state index is 11.9. The van der Waals surface area contributed by atoms with Crippen LogP contribution in [0.4, 0.5) is 0 Å². The van der Waals surface area contributed by atoms with Crippen molar-refractivity contribution in [1.82, 2.24) is 4.98 Å². The fraction of sp³-hybridized carbons (Fsp3) is 0.476. The molecule has 3 atom stereocenters. The molecule has 1 aromatic heterocycles. The van der Waals surface area contributed by atoms with E-state index in [0.717, 1.165) is 22.9 Å². The second kappa shape index (κ2) is 8.31. The van der Waals surface area contributed by atoms with E-state index >= 15 is 0 Å². The standard InChI is InChI=1S/C21H26N4O4S/c1-13-7-16(12-30(13,26)27)23-10-21(25-22)14(2)29-17-3-4-20-19(8-17)18-5-6-28-11-15(18)9-24-20/h3-4,8-10,13-14,16H,5-7,11-12,22H2,1-2H3/b23-10?,25-21+/t13?,14-,16?/m1/s1. The molecule has 4 rings (SSSR count). The maximum absolute atomic E-state index is 11.9. The molecule has 0 amide bonds. The largest absolute Gasteiger partial charge is 0.484 e. The number of hydrogen-bond donors (Lipinski definition) is 1. The third-order valence-electron chi connectivity index (χ3n) is 5.73. The summed E-state index contributed by atoms with van der Waals surface area (Å²) in [7, 11) is -3.06. The van der Waals surface area contributed by atoms with E-state index < -0.39 is 15.9 Å². The van der Waals surface area contributed by atoms with Crippen LogP contribution in [-0.4, -0.2) is 55.1 Å². The van der Waals surface area contributed by atoms with Gasteiger partial charge in [-0.2, -0.15) is 5.10 Å². The number of sulfone groups is 1. The molecule has 0 aliphatic carbocycles. The minimum atomic E-state index is -3.06. The van der Waals surface area contributed by atoms with Crippen LogP contribution in [-0.2, 0) is 27.6 Å². The van der Waals surface area contributed by atoms with E-state index in [1.54, 1.807) is 6.92 Å². The minimum Gasteiger partial charge on any atom is -0.484 e. The Hall–Kier alpha value is -2.52. The number of benzene rings is 1. The summed E-state index contributed by atoms with van der Waals surface area (Å²) in [6.45, 7) is 4.83. The molecule has 9 heteroatoms. The van der Waals surface area contributed by atoms with Gasteiger partial charge in [0.05, 0.1) is 35.8 Å². The molecular weight excluding hydrogens is 404 g/mol. The highest BCUT2D eigenvalue weighted by Crippen LogP contribution is 2.28. The van der Waals surface area contributed by atoms with Gasteiger partial charge in [-0.1, -0.05) is 0 Å². The van der Waals surface area contributed by atoms with Gasteiger partial charge in [0.15, 0.2) is 9.84 Å². The van der Waals surface area contributed by atoms with Gasteiger partial charge >= 0.3 is 0 Å². The molecule has 160 valence electrons. The average molecular weight is 431 g/mol. The Kier molecular flexibility index (Phi) is 5.75. The Morgan fingerprint density at radius 2 is 2.27 bits per heavy atom. The summed E-state index contributed by atoms with van der Waals surface area (Å²) < 4.78 is 35.4. The van der Waals surface area contributed by atoms with Crippen molar-refractivity contribution in [2.75, 3.05) is 12.4 Å². The van der Waals surface area contributed by atoms with Crippen molar-refractivity contribution in [1.29, 1.82) is 0 Å². The van der Waals surface area contributed by atoms with Crippen LogP contribution < -0.4 is 10.6 Å². The van der Waals surface area contributed by atoms with Gasteiger partial charge in [0.1, 0.15) is 17.6 Å². The Labute approximate surface area is 176 Å². The molecule has 2 aliphatic heterocycles. The van der Waals surface area contributed by atoms with Gasteiger partial charge < -0.3 is 15.3 Å². The highest BCUT2D eigenvalue weighted by Gasteiger charge is 2.34. The van der Waals surface area contributed by atoms with Crippen molar-refractivity contribution < 1.29 is 17.9 Å². The molecule has 3 heterocycles. The number of ether oxygens (including phenoxy) is 2. The highest BCUT2D eigenvalue weighted by atomic mass is 32.2. The number of fused-ring (bicyclic) bond motifs is 3. The lowest BCUT2D eigenvalue weighted by atomic mass is 10.00. The number of nitrogens with two attached hydrogens (primary N) is 1. The highest BCUT2D eigenvalue weighted by molar-refractivity contribution is 7.92. The first-order valence-corrected chi connectivity index (χ1v) is 11.8. The SMILES string of the molecule is CC1CC(N=C/C(=N\N)[C@@H](C)Oc2ccc3ncc4c(c3c2)CCOC4)CS1(=O)=O. The summed E-state index contributed by atoms with van der Waals surface area (Å²) in [4.78, 5) is 8.90. The zero-order valence-corrected chi connectivity index (χ0v) is 17.9. The molecule has 2 aromatic rings. The van der Waals surface area contributed by atoms with Gasteiger partial charge in [-0.3, -0.25) is 9.98 Å². The zero-order chi connectivity index (χ0) is 21.3. The number of pyridine rings is 1. The molecule has 1 saturated heterocycles. The smallest absolute Gasteiger partial charge is 0.155 e. The molecule has 0 saturated carbocycles. The van der Waals surface area contributed by atoms with Crippen LogP contribution in [0.1, 0.15) is 31.4 Å². The van der Waals surface area contributed by atoms with Crippen molar-refractivity contribution in [2.24, 2.45) is 15.9 Å². The molecular formula is C21H26N4O4S. The third kappa shape index (κ3) is 4.17. The maximum Gasteiger partial charge on any atom is 0.155 e. The lowest BCUT2D eigenvalue weighted by Gasteiger charge is -2.19. The Morgan fingerprint density at radius 3 is 3.00 bits per heavy atom. The quantitative estimate of drug-likeness (QED) is 0.441. The second-order valence-electron chi connectivity index (χ2n) is 7.87. The topological polar surface area (TPSA) is 116 Å². The van der Waals surface area contributed by atoms with Crippen LogP contribution in [0.5, 0.6) is 5.75 Å². The van der Waals surface area contributed by atoms with E-state index in [-0.39, 0.29) is 17.0 Å². The summed E-state index contributed by atoms with van der Waals surface area (Å²) >= 11 is 0. The van der Waals surface area contributed by atoms with Crippen molar-refractivity contribution >= 4 is 32.7 Å². The van der Waals surface area contributed by atoms with E-state index in [9.17, 15) is 8.42 Å². The number of hydrazone groups is 1. The zero-order valence-electron chi connectivity index (χ0n) is 17.1. The van der Waals surface area contributed by atoms with Crippen LogP contribution in [0.3, 0.4) is 0 Å². The summed E-state index contributed by atoms with van der Waals surface area (Å²) in [5.41, 5.74) is 3.72. The lowest BCUT2D eigenvalue weighted by Crippen LogP contribution is -2.27.